The van der Waals surface area contributed by atoms with Gasteiger partial charge < -0.3 is 14.6 Å². The van der Waals surface area contributed by atoms with E-state index in [1.807, 2.05) is 0 Å². The monoisotopic (exact) mass is 412 g/mol. The van der Waals surface area contributed by atoms with Crippen LogP contribution in [0.1, 0.15) is 28.4 Å². The number of aromatic nitrogens is 2. The van der Waals surface area contributed by atoms with E-state index in [1.165, 1.54) is 22.9 Å². The van der Waals surface area contributed by atoms with Crippen molar-refractivity contribution in [1.29, 1.82) is 0 Å². The van der Waals surface area contributed by atoms with Gasteiger partial charge in [-0.15, -0.1) is 0 Å². The second-order valence-corrected chi connectivity index (χ2v) is 6.77. The van der Waals surface area contributed by atoms with Gasteiger partial charge in [0, 0.05) is 18.2 Å². The maximum Gasteiger partial charge on any atom is 0.347 e. The lowest BCUT2D eigenvalue weighted by Crippen LogP contribution is -2.38. The van der Waals surface area contributed by atoms with Crippen LogP contribution in [0.4, 0.5) is 4.39 Å². The number of halogens is 1. The van der Waals surface area contributed by atoms with Crippen molar-refractivity contribution in [2.75, 3.05) is 6.61 Å². The number of aldehydes is 1. The van der Waals surface area contributed by atoms with E-state index in [-0.39, 0.29) is 35.8 Å². The van der Waals surface area contributed by atoms with Crippen LogP contribution in [0, 0.1) is 5.82 Å². The van der Waals surface area contributed by atoms with Crippen LogP contribution in [-0.4, -0.2) is 39.6 Å². The predicted molar refractivity (Wildman–Crippen MR) is 103 cm³/mol. The molecule has 1 atom stereocenters. The number of carbonyl (C=O) groups is 2. The first kappa shape index (κ1) is 19.6. The molecule has 0 radical (unpaired) electrons. The Morgan fingerprint density at radius 1 is 1.40 bits per heavy atom. The predicted octanol–water partition coefficient (Wildman–Crippen LogP) is 1.97. The highest BCUT2D eigenvalue weighted by atomic mass is 19.1. The van der Waals surface area contributed by atoms with Gasteiger partial charge in [0.05, 0.1) is 13.2 Å². The van der Waals surface area contributed by atoms with Crippen molar-refractivity contribution in [3.8, 4) is 11.5 Å². The molecule has 1 N–H and O–H groups in total. The van der Waals surface area contributed by atoms with E-state index in [1.54, 1.807) is 19.1 Å². The largest absolute Gasteiger partial charge is 0.505 e. The van der Waals surface area contributed by atoms with Crippen molar-refractivity contribution in [2.24, 2.45) is 0 Å². The molecule has 0 fully saturated rings. The summed E-state index contributed by atoms with van der Waals surface area (Å²) in [6, 6.07) is 5.83. The number of pyridine rings is 2. The van der Waals surface area contributed by atoms with E-state index in [0.29, 0.717) is 18.3 Å². The number of hydrogen-bond donors (Lipinski definition) is 1. The third kappa shape index (κ3) is 3.18. The standard InChI is InChI=1S/C21H17FN2O6/c1-2-29-21(28)15-18(26)16-17-19(30-14(10-25)9-24(17)20(15)27)12(8-23-16)7-11-3-5-13(22)6-4-11/h3-6,8,10,14,26H,2,7,9H2,1H3. The molecular weight excluding hydrogens is 395 g/mol. The summed E-state index contributed by atoms with van der Waals surface area (Å²) in [7, 11) is 0. The number of hydrogen-bond acceptors (Lipinski definition) is 7. The molecular formula is C21H17FN2O6. The van der Waals surface area contributed by atoms with Gasteiger partial charge in [-0.05, 0) is 24.6 Å². The second kappa shape index (κ2) is 7.58. The van der Waals surface area contributed by atoms with Gasteiger partial charge in [0.1, 0.15) is 16.9 Å². The Kier molecular flexibility index (Phi) is 4.94. The van der Waals surface area contributed by atoms with Gasteiger partial charge in [-0.1, -0.05) is 12.1 Å². The van der Waals surface area contributed by atoms with E-state index in [9.17, 15) is 23.9 Å². The Labute approximate surface area is 169 Å². The molecule has 0 saturated carbocycles. The maximum absolute atomic E-state index is 13.2. The Hall–Kier alpha value is -3.75. The van der Waals surface area contributed by atoms with Crippen LogP contribution in [-0.2, 0) is 22.5 Å². The van der Waals surface area contributed by atoms with Crippen molar-refractivity contribution in [2.45, 2.75) is 26.0 Å². The zero-order valence-electron chi connectivity index (χ0n) is 15.9. The molecule has 154 valence electrons. The van der Waals surface area contributed by atoms with Crippen LogP contribution in [0.3, 0.4) is 0 Å². The lowest BCUT2D eigenvalue weighted by Gasteiger charge is -2.27. The zero-order chi connectivity index (χ0) is 21.4. The first-order valence-electron chi connectivity index (χ1n) is 9.25. The van der Waals surface area contributed by atoms with Crippen molar-refractivity contribution < 1.29 is 28.6 Å². The SMILES string of the molecule is CCOC(=O)c1c(O)c2ncc(Cc3ccc(F)cc3)c3c2n(c1=O)CC(C=O)O3. The van der Waals surface area contributed by atoms with E-state index < -0.39 is 28.9 Å². The summed E-state index contributed by atoms with van der Waals surface area (Å²) in [6.07, 6.45) is 1.31. The fourth-order valence-corrected chi connectivity index (χ4v) is 3.48. The summed E-state index contributed by atoms with van der Waals surface area (Å²) < 4.78 is 25.0. The molecule has 2 aromatic heterocycles. The molecule has 1 aliphatic heterocycles. The number of nitrogens with zero attached hydrogens (tertiary/aromatic N) is 2. The molecule has 3 aromatic rings. The van der Waals surface area contributed by atoms with Crippen molar-refractivity contribution in [3.05, 3.63) is 63.3 Å². The van der Waals surface area contributed by atoms with Gasteiger partial charge in [-0.3, -0.25) is 19.1 Å². The molecule has 4 rings (SSSR count). The van der Waals surface area contributed by atoms with Crippen LogP contribution < -0.4 is 10.3 Å². The normalized spacial score (nSPS) is 14.9. The molecule has 8 nitrogen and oxygen atoms in total. The number of rotatable bonds is 5. The maximum atomic E-state index is 13.2. The minimum atomic E-state index is -0.974. The number of aromatic hydroxyl groups is 1. The lowest BCUT2D eigenvalue weighted by atomic mass is 10.0. The molecule has 0 amide bonds. The fourth-order valence-electron chi connectivity index (χ4n) is 3.48. The van der Waals surface area contributed by atoms with Gasteiger partial charge in [0.15, 0.2) is 29.5 Å². The van der Waals surface area contributed by atoms with Crippen LogP contribution >= 0.6 is 0 Å². The van der Waals surface area contributed by atoms with Crippen molar-refractivity contribution in [1.82, 2.24) is 9.55 Å². The molecule has 0 spiro atoms. The van der Waals surface area contributed by atoms with E-state index in [2.05, 4.69) is 4.98 Å². The minimum Gasteiger partial charge on any atom is -0.505 e. The topological polar surface area (TPSA) is 108 Å². The summed E-state index contributed by atoms with van der Waals surface area (Å²) in [5, 5.41) is 10.6. The van der Waals surface area contributed by atoms with Crippen LogP contribution in [0.15, 0.2) is 35.3 Å². The molecule has 9 heteroatoms. The summed E-state index contributed by atoms with van der Waals surface area (Å²) in [5.74, 6) is -1.75. The molecule has 30 heavy (non-hydrogen) atoms. The molecule has 0 aliphatic carbocycles. The Morgan fingerprint density at radius 2 is 2.13 bits per heavy atom. The van der Waals surface area contributed by atoms with Crippen LogP contribution in [0.5, 0.6) is 11.5 Å². The van der Waals surface area contributed by atoms with E-state index in [0.717, 1.165) is 5.56 Å². The average molecular weight is 412 g/mol. The van der Waals surface area contributed by atoms with Crippen molar-refractivity contribution in [3.63, 3.8) is 0 Å². The highest BCUT2D eigenvalue weighted by Crippen LogP contribution is 2.37. The third-order valence-corrected chi connectivity index (χ3v) is 4.84. The lowest BCUT2D eigenvalue weighted by molar-refractivity contribution is -0.114. The van der Waals surface area contributed by atoms with Crippen molar-refractivity contribution >= 4 is 23.3 Å². The Balaban J connectivity index is 1.95. The highest BCUT2D eigenvalue weighted by Gasteiger charge is 2.32. The summed E-state index contributed by atoms with van der Waals surface area (Å²) in [6.45, 7) is 1.46. The minimum absolute atomic E-state index is 0.0140. The van der Waals surface area contributed by atoms with Gasteiger partial charge in [-0.25, -0.2) is 9.18 Å². The Bertz CT molecular complexity index is 1220. The number of carbonyl (C=O) groups excluding carboxylic acids is 2. The summed E-state index contributed by atoms with van der Waals surface area (Å²) in [5.41, 5.74) is 0.128. The van der Waals surface area contributed by atoms with Gasteiger partial charge in [0.2, 0.25) is 0 Å². The molecule has 1 unspecified atom stereocenters. The average Bonchev–Trinajstić information content (AvgIpc) is 2.74. The summed E-state index contributed by atoms with van der Waals surface area (Å²) in [4.78, 5) is 40.9. The number of esters is 1. The van der Waals surface area contributed by atoms with Crippen LogP contribution in [0.2, 0.25) is 0 Å². The number of benzene rings is 1. The zero-order valence-corrected chi connectivity index (χ0v) is 15.9. The first-order valence-corrected chi connectivity index (χ1v) is 9.25. The molecule has 0 saturated heterocycles. The smallest absolute Gasteiger partial charge is 0.347 e. The van der Waals surface area contributed by atoms with Gasteiger partial charge in [0.25, 0.3) is 5.56 Å². The fraction of sp³-hybridized carbons (Fsp3) is 0.238. The second-order valence-electron chi connectivity index (χ2n) is 6.77. The summed E-state index contributed by atoms with van der Waals surface area (Å²) >= 11 is 0. The quantitative estimate of drug-likeness (QED) is 0.504. The van der Waals surface area contributed by atoms with E-state index >= 15 is 0 Å². The van der Waals surface area contributed by atoms with Gasteiger partial charge >= 0.3 is 5.97 Å². The highest BCUT2D eigenvalue weighted by molar-refractivity contribution is 6.00. The van der Waals surface area contributed by atoms with Crippen LogP contribution in [0.25, 0.3) is 11.0 Å². The molecule has 0 bridgehead atoms. The molecule has 1 aliphatic rings. The third-order valence-electron chi connectivity index (χ3n) is 4.84. The van der Waals surface area contributed by atoms with E-state index in [4.69, 9.17) is 9.47 Å². The number of ether oxygens (including phenoxy) is 2. The molecule has 1 aromatic carbocycles. The molecule has 3 heterocycles. The Morgan fingerprint density at radius 3 is 2.80 bits per heavy atom. The first-order chi connectivity index (χ1) is 14.4. The van der Waals surface area contributed by atoms with Gasteiger partial charge in [-0.2, -0.15) is 0 Å².